The number of hydrogen-bond donors (Lipinski definition) is 6. The van der Waals surface area contributed by atoms with Crippen molar-refractivity contribution in [2.45, 2.75) is 180 Å². The number of nitrogens with zero attached hydrogens (tertiary/aromatic N) is 3. The molecule has 0 saturated heterocycles. The van der Waals surface area contributed by atoms with E-state index < -0.39 is 202 Å². The zero-order chi connectivity index (χ0) is 112. The number of aliphatic hydroxyl groups excluding tert-OH is 3. The van der Waals surface area contributed by atoms with E-state index in [9.17, 15) is 175 Å². The van der Waals surface area contributed by atoms with Gasteiger partial charge >= 0.3 is 126 Å². The van der Waals surface area contributed by atoms with E-state index >= 15 is 0 Å². The minimum Gasteiger partial charge on any atom is -0.398 e. The Labute approximate surface area is 804 Å². The molecule has 6 N–H and O–H groups in total. The van der Waals surface area contributed by atoms with Crippen LogP contribution in [0.25, 0.3) is 0 Å². The number of alkyl halides is 33. The van der Waals surface area contributed by atoms with E-state index in [0.717, 1.165) is 0 Å². The number of halogens is 33. The van der Waals surface area contributed by atoms with Crippen LogP contribution in [0.2, 0.25) is 49.4 Å². The van der Waals surface area contributed by atoms with Gasteiger partial charge in [-0.15, -0.1) is 39.5 Å². The first kappa shape index (κ1) is 149. The van der Waals surface area contributed by atoms with Gasteiger partial charge in [0.05, 0.1) is 38.1 Å². The summed E-state index contributed by atoms with van der Waals surface area (Å²) in [6.07, 6.45) is -51.6. The topological polar surface area (TPSA) is 361 Å². The van der Waals surface area contributed by atoms with Crippen molar-refractivity contribution < 1.29 is 274 Å². The van der Waals surface area contributed by atoms with Crippen LogP contribution in [-0.4, -0.2) is 444 Å². The maximum Gasteiger partial charge on any atom is 0.525 e. The van der Waals surface area contributed by atoms with Crippen LogP contribution >= 0.6 is 0 Å². The molecule has 34 nitrogen and oxygen atoms in total. The van der Waals surface area contributed by atoms with E-state index in [0.29, 0.717) is 68.7 Å². The monoisotopic (exact) mass is 2280 g/mol. The second kappa shape index (κ2) is 71.2. The van der Waals surface area contributed by atoms with Gasteiger partial charge in [0.25, 0.3) is 17.7 Å². The summed E-state index contributed by atoms with van der Waals surface area (Å²) in [5, 5.41) is 35.8. The molecule has 0 spiro atoms. The number of amides is 3. The molecule has 0 aliphatic carbocycles. The number of ether oxygens (including phenoxy) is 6. The molecular weight excluding hydrogens is 2160 g/mol. The molecule has 6 unspecified atom stereocenters. The minimum atomic E-state index is -6.31. The van der Waals surface area contributed by atoms with E-state index in [-0.39, 0.29) is 105 Å². The van der Waals surface area contributed by atoms with Crippen LogP contribution in [0.3, 0.4) is 0 Å². The lowest BCUT2D eigenvalue weighted by molar-refractivity contribution is -0.432. The van der Waals surface area contributed by atoms with Crippen LogP contribution in [0, 0.1) is 0 Å². The highest BCUT2D eigenvalue weighted by Gasteiger charge is 2.70. The van der Waals surface area contributed by atoms with Gasteiger partial charge in [-0.25, -0.2) is 27.4 Å². The van der Waals surface area contributed by atoms with Crippen molar-refractivity contribution >= 4 is 70.1 Å². The lowest BCUT2D eigenvalue weighted by atomic mass is 10.2. The number of hydrogen-bond acceptors (Lipinski definition) is 31. The molecule has 0 aromatic heterocycles. The quantitative estimate of drug-likeness (QED) is 0.0187. The van der Waals surface area contributed by atoms with Crippen LogP contribution in [0.1, 0.15) is 38.5 Å². The van der Waals surface area contributed by atoms with Crippen molar-refractivity contribution in [2.75, 3.05) is 252 Å². The van der Waals surface area contributed by atoms with Crippen LogP contribution < -0.4 is 16.0 Å². The van der Waals surface area contributed by atoms with Gasteiger partial charge in [-0.3, -0.25) is 29.1 Å². The predicted molar refractivity (Wildman–Crippen MR) is 441 cm³/mol. The van der Waals surface area contributed by atoms with Gasteiger partial charge in [0.2, 0.25) is 0 Å². The van der Waals surface area contributed by atoms with E-state index in [1.165, 1.54) is 130 Å². The first-order chi connectivity index (χ1) is 64.8. The van der Waals surface area contributed by atoms with E-state index in [4.69, 9.17) is 85.0 Å². The zero-order valence-electron chi connectivity index (χ0n) is 80.4. The van der Waals surface area contributed by atoms with Crippen LogP contribution in [-0.2, 0) is 114 Å². The molecular formula is C69H129F33N6O28Si6. The Hall–Kier alpha value is -3.72. The maximum atomic E-state index is 14.1. The van der Waals surface area contributed by atoms with Crippen molar-refractivity contribution in [2.24, 2.45) is 0 Å². The molecule has 0 aliphatic rings. The largest absolute Gasteiger partial charge is 0.525 e. The summed E-state index contributed by atoms with van der Waals surface area (Å²) in [5.41, 5.74) is 0. The summed E-state index contributed by atoms with van der Waals surface area (Å²) in [6.45, 7) is -5.36. The number of rotatable bonds is 67. The summed E-state index contributed by atoms with van der Waals surface area (Å²) in [4.78, 5) is 39.9. The number of aliphatic hydroxyl groups is 3. The Morgan fingerprint density at radius 1 is 0.275 bits per heavy atom. The Bertz CT molecular complexity index is 3160. The molecule has 3 amide bonds. The normalized spacial score (nSPS) is 15.2. The number of carbonyl (C=O) groups excluding carboxylic acids is 3. The third kappa shape index (κ3) is 66.1. The van der Waals surface area contributed by atoms with Crippen LogP contribution in [0.15, 0.2) is 0 Å². The molecule has 0 radical (unpaired) electrons. The third-order valence-electron chi connectivity index (χ3n) is 18.6. The molecule has 6 atom stereocenters. The smallest absolute Gasteiger partial charge is 0.398 e. The van der Waals surface area contributed by atoms with Crippen LogP contribution in [0.4, 0.5) is 145 Å². The lowest BCUT2D eigenvalue weighted by Gasteiger charge is -2.29. The van der Waals surface area contributed by atoms with Crippen molar-refractivity contribution in [3.8, 4) is 0 Å². The first-order valence-electron chi connectivity index (χ1n) is 40.9. The fourth-order valence-corrected chi connectivity index (χ4v) is 20.4. The molecule has 0 aromatic rings. The highest BCUT2D eigenvalue weighted by molar-refractivity contribution is 6.66. The Morgan fingerprint density at radius 3 is 0.606 bits per heavy atom. The Balaban J connectivity index is -0.000000446. The van der Waals surface area contributed by atoms with Crippen molar-refractivity contribution in [3.05, 3.63) is 0 Å². The SMILES string of the molecule is CO[Si](C)(CCCN(CCNC(=O)C(F)(OC(F)(F)F)C(F)(F)F)CC(O)COCCC[Si](OC)(OC)OC)OC.CO[Si](C)(CCCOCC(O)CN(CCC[Si](OC)(OC)OC)CCNC(=O)C(F)(OC(F)(F)F)C(F)(F)F)OC.CO[Si](CCCOCC(O)CN(CCC[Si](OC)(OC)OC)CCNC(=O)C(F)(OC(F)(F)F)C(F)(F)F)(OC)OC.FCC(F)(F)F.FCC(F)(F)F.FCC(F)(F)F. The average molecular weight is 2290 g/mol. The van der Waals surface area contributed by atoms with Gasteiger partial charge in [-0.05, 0) is 83.3 Å². The standard InChI is InChI=1S/C21H41F7N2O10Si2.2C21H41F7N2O9Si2.3C2H2F4/c1-33-41(34-2,35-3)13-7-10-30(15-17(31)16-39-12-8-14-42(36-4,37-5)38-6)11-9-29-18(32)19(22,20(23,24)25)40-21(26,27)28;1-33-40(6,34-2)13-8-12-38-16-17(31)15-30(10-7-14-41(35-3,36-4)37-5)11-9-29-18(32)19(22,20(23,24)25)39-21(26,27)28;1-33-40(6,34-2)13-7-10-30(15-17(31)16-38-12-8-14-41(35-3,36-4)37-5)11-9-29-18(32)19(22,20(23,24)25)39-21(26,27)28;3*3-1-2(4,5)6/h17,31H,7-16H2,1-6H3,(H,29,32);2*17,31H,7-16H2,1-6H3,(H,29,32);3*1H2. The highest BCUT2D eigenvalue weighted by Crippen LogP contribution is 2.43. The fraction of sp³-hybridized carbons (Fsp3) is 0.957. The second-order valence-corrected chi connectivity index (χ2v) is 48.4. The van der Waals surface area contributed by atoms with E-state index in [1.807, 2.05) is 6.55 Å². The van der Waals surface area contributed by atoms with Crippen molar-refractivity contribution in [1.82, 2.24) is 30.7 Å². The summed E-state index contributed by atoms with van der Waals surface area (Å²) in [5.74, 6) is -24.9. The molecule has 0 aromatic carbocycles. The van der Waals surface area contributed by atoms with Gasteiger partial charge in [-0.2, -0.15) is 92.2 Å². The fourth-order valence-electron chi connectivity index (χ4n) is 10.8. The lowest BCUT2D eigenvalue weighted by Crippen LogP contribution is -2.58. The number of nitrogens with one attached hydrogen (secondary N) is 3. The summed E-state index contributed by atoms with van der Waals surface area (Å²) in [6, 6.07) is 2.60. The third-order valence-corrected chi connectivity index (χ3v) is 35.9. The van der Waals surface area contributed by atoms with E-state index in [2.05, 4.69) is 14.2 Å². The highest BCUT2D eigenvalue weighted by atomic mass is 28.4. The molecule has 0 saturated carbocycles. The zero-order valence-corrected chi connectivity index (χ0v) is 86.4. The Kier molecular flexibility index (Phi) is 74.6. The van der Waals surface area contributed by atoms with Crippen LogP contribution in [0.5, 0.6) is 0 Å². The first-order valence-corrected chi connectivity index (χ1v) is 53.7. The van der Waals surface area contributed by atoms with Gasteiger partial charge in [-0.1, -0.05) is 0 Å². The van der Waals surface area contributed by atoms with Gasteiger partial charge < -0.3 is 116 Å². The van der Waals surface area contributed by atoms with Crippen molar-refractivity contribution in [1.29, 1.82) is 0 Å². The average Bonchev–Trinajstić information content (AvgIpc) is 0.791. The number of carbonyl (C=O) groups is 3. The molecule has 73 heteroatoms. The second-order valence-electron chi connectivity index (χ2n) is 28.9. The van der Waals surface area contributed by atoms with Gasteiger partial charge in [0.1, 0.15) is 0 Å². The van der Waals surface area contributed by atoms with Crippen molar-refractivity contribution in [3.63, 3.8) is 0 Å². The molecule has 0 bridgehead atoms. The molecule has 0 fully saturated rings. The van der Waals surface area contributed by atoms with E-state index in [1.54, 1.807) is 20.8 Å². The molecule has 142 heavy (non-hydrogen) atoms. The minimum absolute atomic E-state index is 0.0832. The maximum absolute atomic E-state index is 14.1. The Morgan fingerprint density at radius 2 is 0.444 bits per heavy atom. The molecule has 0 aliphatic heterocycles. The van der Waals surface area contributed by atoms with Gasteiger partial charge in [0, 0.05) is 217 Å². The van der Waals surface area contributed by atoms with Gasteiger partial charge in [0.15, 0.2) is 20.0 Å². The molecule has 0 heterocycles. The summed E-state index contributed by atoms with van der Waals surface area (Å²) in [7, 11) is 6.81. The summed E-state index contributed by atoms with van der Waals surface area (Å²) >= 11 is 0. The molecule has 858 valence electrons. The molecule has 0 rings (SSSR count). The summed E-state index contributed by atoms with van der Waals surface area (Å²) < 4.78 is 504. The predicted octanol–water partition coefficient (Wildman–Crippen LogP) is 11.8.